The third kappa shape index (κ3) is 0.952. The summed E-state index contributed by atoms with van der Waals surface area (Å²) >= 11 is 0. The van der Waals surface area contributed by atoms with Gasteiger partial charge in [0.15, 0.2) is 0 Å². The topological polar surface area (TPSA) is 61.7 Å². The molecule has 0 aliphatic carbocycles. The number of nitrogens with zero attached hydrogens (tertiary/aromatic N) is 4. The van der Waals surface area contributed by atoms with Crippen LogP contribution < -0.4 is 5.73 Å². The summed E-state index contributed by atoms with van der Waals surface area (Å²) in [5.41, 5.74) is 6.15. The highest BCUT2D eigenvalue weighted by Crippen LogP contribution is 2.05. The van der Waals surface area contributed by atoms with E-state index in [1.165, 1.54) is 0 Å². The molecule has 0 amide bonds. The van der Waals surface area contributed by atoms with Crippen LogP contribution in [0.25, 0.3) is 5.95 Å². The fourth-order valence-corrected chi connectivity index (χ4v) is 1.02. The van der Waals surface area contributed by atoms with Gasteiger partial charge in [-0.1, -0.05) is 0 Å². The minimum atomic E-state index is 0.637. The Hall–Kier alpha value is -1.78. The Balaban J connectivity index is 2.50. The minimum Gasteiger partial charge on any atom is -0.396 e. The lowest BCUT2D eigenvalue weighted by Gasteiger charge is -1.98. The van der Waals surface area contributed by atoms with Gasteiger partial charge in [-0.25, -0.2) is 9.67 Å². The Kier molecular flexibility index (Phi) is 1.36. The van der Waals surface area contributed by atoms with E-state index in [9.17, 15) is 0 Å². The van der Waals surface area contributed by atoms with Crippen molar-refractivity contribution >= 4 is 5.69 Å². The van der Waals surface area contributed by atoms with Gasteiger partial charge in [0.25, 0.3) is 0 Å². The van der Waals surface area contributed by atoms with Crippen LogP contribution in [0.2, 0.25) is 0 Å². The predicted molar refractivity (Wildman–Crippen MR) is 44.7 cm³/mol. The second kappa shape index (κ2) is 2.37. The molecule has 2 heterocycles. The van der Waals surface area contributed by atoms with Gasteiger partial charge in [-0.05, 0) is 0 Å². The minimum absolute atomic E-state index is 0.637. The third-order valence-corrected chi connectivity index (χ3v) is 1.60. The highest BCUT2D eigenvalue weighted by Gasteiger charge is 2.01. The molecule has 62 valence electrons. The van der Waals surface area contributed by atoms with Crippen LogP contribution in [0.4, 0.5) is 5.69 Å². The molecule has 0 atom stereocenters. The van der Waals surface area contributed by atoms with E-state index in [-0.39, 0.29) is 0 Å². The first-order valence-electron chi connectivity index (χ1n) is 3.55. The zero-order valence-electron chi connectivity index (χ0n) is 6.68. The molecule has 0 spiro atoms. The molecule has 12 heavy (non-hydrogen) atoms. The zero-order chi connectivity index (χ0) is 8.55. The van der Waals surface area contributed by atoms with E-state index in [1.54, 1.807) is 23.3 Å². The first kappa shape index (κ1) is 6.90. The molecule has 0 bridgehead atoms. The number of nitrogens with two attached hydrogens (primary N) is 1. The van der Waals surface area contributed by atoms with Gasteiger partial charge in [0.05, 0.1) is 18.1 Å². The van der Waals surface area contributed by atoms with Crippen molar-refractivity contribution < 1.29 is 0 Å². The van der Waals surface area contributed by atoms with Crippen LogP contribution in [0.5, 0.6) is 0 Å². The quantitative estimate of drug-likeness (QED) is 0.652. The Morgan fingerprint density at radius 3 is 2.83 bits per heavy atom. The molecule has 0 aliphatic rings. The van der Waals surface area contributed by atoms with Crippen molar-refractivity contribution in [3.05, 3.63) is 24.8 Å². The normalized spacial score (nSPS) is 10.4. The number of hydrogen-bond donors (Lipinski definition) is 1. The van der Waals surface area contributed by atoms with Crippen molar-refractivity contribution in [3.8, 4) is 5.95 Å². The summed E-state index contributed by atoms with van der Waals surface area (Å²) < 4.78 is 3.50. The maximum absolute atomic E-state index is 5.51. The molecule has 0 saturated carbocycles. The standard InChI is InChI=1S/C7H9N5/c1-11-3-2-9-7(11)12-5-6(8)4-10-12/h2-5H,8H2,1H3. The molecule has 5 heteroatoms. The summed E-state index contributed by atoms with van der Waals surface area (Å²) in [6.45, 7) is 0. The van der Waals surface area contributed by atoms with Crippen LogP contribution in [0.3, 0.4) is 0 Å². The van der Waals surface area contributed by atoms with Crippen molar-refractivity contribution in [3.63, 3.8) is 0 Å². The number of nitrogen functional groups attached to an aromatic ring is 1. The van der Waals surface area contributed by atoms with Crippen molar-refractivity contribution in [2.75, 3.05) is 5.73 Å². The summed E-state index contributed by atoms with van der Waals surface area (Å²) in [5.74, 6) is 0.756. The van der Waals surface area contributed by atoms with E-state index in [2.05, 4.69) is 10.1 Å². The van der Waals surface area contributed by atoms with Gasteiger partial charge in [-0.3, -0.25) is 0 Å². The maximum Gasteiger partial charge on any atom is 0.230 e. The second-order valence-electron chi connectivity index (χ2n) is 2.56. The molecule has 0 aliphatic heterocycles. The zero-order valence-corrected chi connectivity index (χ0v) is 6.68. The summed E-state index contributed by atoms with van der Waals surface area (Å²) in [6, 6.07) is 0. The molecular weight excluding hydrogens is 154 g/mol. The van der Waals surface area contributed by atoms with Crippen LogP contribution >= 0.6 is 0 Å². The number of imidazole rings is 1. The Morgan fingerprint density at radius 1 is 1.50 bits per heavy atom. The lowest BCUT2D eigenvalue weighted by Crippen LogP contribution is -2.02. The van der Waals surface area contributed by atoms with E-state index in [4.69, 9.17) is 5.73 Å². The number of anilines is 1. The van der Waals surface area contributed by atoms with Crippen molar-refractivity contribution in [1.29, 1.82) is 0 Å². The van der Waals surface area contributed by atoms with E-state index in [0.29, 0.717) is 5.69 Å². The van der Waals surface area contributed by atoms with Gasteiger partial charge < -0.3 is 10.3 Å². The van der Waals surface area contributed by atoms with Gasteiger partial charge >= 0.3 is 0 Å². The first-order valence-corrected chi connectivity index (χ1v) is 3.55. The lowest BCUT2D eigenvalue weighted by atomic mass is 10.6. The van der Waals surface area contributed by atoms with Gasteiger partial charge in [-0.2, -0.15) is 5.10 Å². The van der Waals surface area contributed by atoms with Crippen LogP contribution in [0.15, 0.2) is 24.8 Å². The first-order chi connectivity index (χ1) is 5.77. The maximum atomic E-state index is 5.51. The second-order valence-corrected chi connectivity index (χ2v) is 2.56. The molecule has 0 unspecified atom stereocenters. The molecule has 2 rings (SSSR count). The third-order valence-electron chi connectivity index (χ3n) is 1.60. The van der Waals surface area contributed by atoms with Crippen LogP contribution in [-0.4, -0.2) is 19.3 Å². The molecule has 2 aromatic heterocycles. The fourth-order valence-electron chi connectivity index (χ4n) is 1.02. The summed E-state index contributed by atoms with van der Waals surface area (Å²) in [6.07, 6.45) is 6.89. The highest BCUT2D eigenvalue weighted by atomic mass is 15.4. The molecule has 5 nitrogen and oxygen atoms in total. The van der Waals surface area contributed by atoms with E-state index < -0.39 is 0 Å². The average Bonchev–Trinajstić information content (AvgIpc) is 2.58. The summed E-state index contributed by atoms with van der Waals surface area (Å²) in [4.78, 5) is 4.11. The fraction of sp³-hybridized carbons (Fsp3) is 0.143. The number of hydrogen-bond acceptors (Lipinski definition) is 3. The summed E-state index contributed by atoms with van der Waals surface area (Å²) in [7, 11) is 1.90. The molecule has 0 radical (unpaired) electrons. The van der Waals surface area contributed by atoms with E-state index in [0.717, 1.165) is 5.95 Å². The molecule has 0 aromatic carbocycles. The smallest absolute Gasteiger partial charge is 0.230 e. The van der Waals surface area contributed by atoms with Crippen molar-refractivity contribution in [1.82, 2.24) is 19.3 Å². The molecule has 0 saturated heterocycles. The van der Waals surface area contributed by atoms with E-state index in [1.807, 2.05) is 17.8 Å². The molecule has 2 aromatic rings. The molecule has 0 fully saturated rings. The Labute approximate surface area is 69.4 Å². The highest BCUT2D eigenvalue weighted by molar-refractivity contribution is 5.33. The number of aryl methyl sites for hydroxylation is 1. The summed E-state index contributed by atoms with van der Waals surface area (Å²) in [5, 5.41) is 4.03. The van der Waals surface area contributed by atoms with Crippen molar-refractivity contribution in [2.24, 2.45) is 7.05 Å². The number of rotatable bonds is 1. The number of aromatic nitrogens is 4. The average molecular weight is 163 g/mol. The SMILES string of the molecule is Cn1ccnc1-n1cc(N)cn1. The molecule has 2 N–H and O–H groups in total. The monoisotopic (exact) mass is 163 g/mol. The van der Waals surface area contributed by atoms with Crippen LogP contribution in [0.1, 0.15) is 0 Å². The van der Waals surface area contributed by atoms with Gasteiger partial charge in [-0.15, -0.1) is 0 Å². The van der Waals surface area contributed by atoms with Gasteiger partial charge in [0.1, 0.15) is 0 Å². The van der Waals surface area contributed by atoms with Crippen LogP contribution in [0, 0.1) is 0 Å². The Bertz CT molecular complexity index is 386. The van der Waals surface area contributed by atoms with Gasteiger partial charge in [0.2, 0.25) is 5.95 Å². The predicted octanol–water partition coefficient (Wildman–Crippen LogP) is 0.188. The van der Waals surface area contributed by atoms with E-state index >= 15 is 0 Å². The lowest BCUT2D eigenvalue weighted by molar-refractivity contribution is 0.750. The molecular formula is C7H9N5. The van der Waals surface area contributed by atoms with Gasteiger partial charge in [0, 0.05) is 19.4 Å². The largest absolute Gasteiger partial charge is 0.396 e. The van der Waals surface area contributed by atoms with Crippen LogP contribution in [-0.2, 0) is 7.05 Å². The van der Waals surface area contributed by atoms with Crippen molar-refractivity contribution in [2.45, 2.75) is 0 Å². The Morgan fingerprint density at radius 2 is 2.33 bits per heavy atom.